The zero-order valence-corrected chi connectivity index (χ0v) is 12.9. The Morgan fingerprint density at radius 1 is 1.32 bits per heavy atom. The highest BCUT2D eigenvalue weighted by Gasteiger charge is 2.37. The molecule has 1 N–H and O–H groups in total. The third kappa shape index (κ3) is 3.47. The van der Waals surface area contributed by atoms with Gasteiger partial charge in [0.05, 0.1) is 11.6 Å². The van der Waals surface area contributed by atoms with Gasteiger partial charge in [-0.15, -0.1) is 0 Å². The SMILES string of the molecule is CCOC(CC)(CC)C(NC)c1cc(F)ccc1Cl. The minimum Gasteiger partial charge on any atom is -0.373 e. The second-order valence-corrected chi connectivity index (χ2v) is 5.00. The molecule has 0 heterocycles. The molecule has 0 saturated carbocycles. The van der Waals surface area contributed by atoms with Gasteiger partial charge in [0, 0.05) is 11.6 Å². The fraction of sp³-hybridized carbons (Fsp3) is 0.600. The van der Waals surface area contributed by atoms with Crippen LogP contribution in [-0.2, 0) is 4.74 Å². The van der Waals surface area contributed by atoms with Gasteiger partial charge in [0.2, 0.25) is 0 Å². The first-order valence-corrected chi connectivity index (χ1v) is 7.18. The van der Waals surface area contributed by atoms with Gasteiger partial charge < -0.3 is 10.1 Å². The van der Waals surface area contributed by atoms with Gasteiger partial charge in [0.25, 0.3) is 0 Å². The van der Waals surface area contributed by atoms with Gasteiger partial charge in [-0.1, -0.05) is 25.4 Å². The molecule has 0 fully saturated rings. The third-order valence-electron chi connectivity index (χ3n) is 3.71. The number of halogens is 2. The molecule has 0 aromatic heterocycles. The van der Waals surface area contributed by atoms with E-state index >= 15 is 0 Å². The Balaban J connectivity index is 3.26. The summed E-state index contributed by atoms with van der Waals surface area (Å²) in [6, 6.07) is 4.32. The van der Waals surface area contributed by atoms with Crippen LogP contribution in [0, 0.1) is 5.82 Å². The molecule has 108 valence electrons. The Morgan fingerprint density at radius 3 is 2.42 bits per heavy atom. The minimum atomic E-state index is -0.374. The van der Waals surface area contributed by atoms with Gasteiger partial charge in [-0.05, 0) is 50.6 Å². The molecule has 0 saturated heterocycles. The molecule has 0 spiro atoms. The molecule has 0 aliphatic rings. The van der Waals surface area contributed by atoms with Crippen LogP contribution in [0.4, 0.5) is 4.39 Å². The van der Waals surface area contributed by atoms with E-state index in [1.54, 1.807) is 6.07 Å². The maximum Gasteiger partial charge on any atom is 0.123 e. The fourth-order valence-corrected chi connectivity index (χ4v) is 2.90. The lowest BCUT2D eigenvalue weighted by atomic mass is 9.83. The Hall–Kier alpha value is -0.640. The molecule has 1 aromatic rings. The second kappa shape index (κ2) is 7.22. The molecule has 1 atom stereocenters. The van der Waals surface area contributed by atoms with E-state index < -0.39 is 0 Å². The summed E-state index contributed by atoms with van der Waals surface area (Å²) in [4.78, 5) is 0. The van der Waals surface area contributed by atoms with Crippen molar-refractivity contribution >= 4 is 11.6 Å². The normalized spacial score (nSPS) is 13.6. The molecule has 2 nitrogen and oxygen atoms in total. The summed E-state index contributed by atoms with van der Waals surface area (Å²) in [6.45, 7) is 6.75. The summed E-state index contributed by atoms with van der Waals surface area (Å²) in [7, 11) is 1.85. The highest BCUT2D eigenvalue weighted by atomic mass is 35.5. The van der Waals surface area contributed by atoms with Crippen LogP contribution in [0.5, 0.6) is 0 Å². The molecule has 1 rings (SSSR count). The monoisotopic (exact) mass is 287 g/mol. The van der Waals surface area contributed by atoms with Gasteiger partial charge in [-0.3, -0.25) is 0 Å². The van der Waals surface area contributed by atoms with Crippen LogP contribution in [0.1, 0.15) is 45.2 Å². The average Bonchev–Trinajstić information content (AvgIpc) is 2.42. The number of likely N-dealkylation sites (N-methyl/N-ethyl adjacent to an activating group) is 1. The molecule has 0 bridgehead atoms. The number of rotatable bonds is 7. The van der Waals surface area contributed by atoms with Crippen molar-refractivity contribution in [1.82, 2.24) is 5.32 Å². The maximum atomic E-state index is 13.5. The van der Waals surface area contributed by atoms with E-state index in [4.69, 9.17) is 16.3 Å². The van der Waals surface area contributed by atoms with Crippen molar-refractivity contribution in [2.24, 2.45) is 0 Å². The quantitative estimate of drug-likeness (QED) is 0.806. The van der Waals surface area contributed by atoms with Gasteiger partial charge in [-0.2, -0.15) is 0 Å². The number of hydrogen-bond donors (Lipinski definition) is 1. The smallest absolute Gasteiger partial charge is 0.123 e. The van der Waals surface area contributed by atoms with Crippen LogP contribution in [0.15, 0.2) is 18.2 Å². The average molecular weight is 288 g/mol. The van der Waals surface area contributed by atoms with E-state index in [-0.39, 0.29) is 17.5 Å². The number of benzene rings is 1. The highest BCUT2D eigenvalue weighted by Crippen LogP contribution is 2.38. The molecule has 0 aliphatic heterocycles. The van der Waals surface area contributed by atoms with Crippen molar-refractivity contribution in [2.45, 2.75) is 45.3 Å². The topological polar surface area (TPSA) is 21.3 Å². The lowest BCUT2D eigenvalue weighted by Crippen LogP contribution is -2.44. The first-order valence-electron chi connectivity index (χ1n) is 6.80. The maximum absolute atomic E-state index is 13.5. The molecule has 0 aliphatic carbocycles. The van der Waals surface area contributed by atoms with Crippen LogP contribution >= 0.6 is 11.6 Å². The summed E-state index contributed by atoms with van der Waals surface area (Å²) < 4.78 is 19.5. The summed E-state index contributed by atoms with van der Waals surface area (Å²) in [5.74, 6) is -0.280. The number of nitrogens with one attached hydrogen (secondary N) is 1. The Kier molecular flexibility index (Phi) is 6.24. The van der Waals surface area contributed by atoms with Crippen LogP contribution in [0.25, 0.3) is 0 Å². The predicted molar refractivity (Wildman–Crippen MR) is 78.1 cm³/mol. The standard InChI is InChI=1S/C15H23ClFNO/c1-5-15(6-2,19-7-3)14(18-4)12-10-11(17)8-9-13(12)16/h8-10,14,18H,5-7H2,1-4H3. The third-order valence-corrected chi connectivity index (χ3v) is 4.06. The Morgan fingerprint density at radius 2 is 1.95 bits per heavy atom. The minimum absolute atomic E-state index is 0.134. The summed E-state index contributed by atoms with van der Waals surface area (Å²) >= 11 is 6.23. The largest absolute Gasteiger partial charge is 0.373 e. The van der Waals surface area contributed by atoms with E-state index in [1.807, 2.05) is 14.0 Å². The van der Waals surface area contributed by atoms with E-state index in [0.717, 1.165) is 18.4 Å². The second-order valence-electron chi connectivity index (χ2n) is 4.59. The number of hydrogen-bond acceptors (Lipinski definition) is 2. The molecule has 0 radical (unpaired) electrons. The van der Waals surface area contributed by atoms with Crippen molar-refractivity contribution in [1.29, 1.82) is 0 Å². The van der Waals surface area contributed by atoms with Crippen molar-refractivity contribution < 1.29 is 9.13 Å². The van der Waals surface area contributed by atoms with Crippen LogP contribution in [-0.4, -0.2) is 19.3 Å². The molecule has 4 heteroatoms. The fourth-order valence-electron chi connectivity index (χ4n) is 2.67. The van der Waals surface area contributed by atoms with Gasteiger partial charge >= 0.3 is 0 Å². The van der Waals surface area contributed by atoms with Gasteiger partial charge in [0.1, 0.15) is 5.82 Å². The predicted octanol–water partition coefficient (Wildman–Crippen LogP) is 4.33. The summed E-state index contributed by atoms with van der Waals surface area (Å²) in [6.07, 6.45) is 1.66. The highest BCUT2D eigenvalue weighted by molar-refractivity contribution is 6.31. The van der Waals surface area contributed by atoms with E-state index in [1.165, 1.54) is 12.1 Å². The molecule has 1 unspecified atom stereocenters. The lowest BCUT2D eigenvalue weighted by Gasteiger charge is -2.40. The zero-order chi connectivity index (χ0) is 14.5. The zero-order valence-electron chi connectivity index (χ0n) is 12.1. The Labute approximate surface area is 120 Å². The lowest BCUT2D eigenvalue weighted by molar-refractivity contribution is -0.0718. The van der Waals surface area contributed by atoms with Crippen molar-refractivity contribution in [2.75, 3.05) is 13.7 Å². The van der Waals surface area contributed by atoms with E-state index in [0.29, 0.717) is 11.6 Å². The van der Waals surface area contributed by atoms with Crippen molar-refractivity contribution in [3.05, 3.63) is 34.6 Å². The Bertz CT molecular complexity index is 407. The van der Waals surface area contributed by atoms with E-state index in [2.05, 4.69) is 19.2 Å². The van der Waals surface area contributed by atoms with Crippen LogP contribution < -0.4 is 5.32 Å². The molecular formula is C15H23ClFNO. The van der Waals surface area contributed by atoms with Crippen LogP contribution in [0.3, 0.4) is 0 Å². The first kappa shape index (κ1) is 16.4. The summed E-state index contributed by atoms with van der Waals surface area (Å²) in [5.41, 5.74) is 0.377. The molecule has 0 amide bonds. The molecular weight excluding hydrogens is 265 g/mol. The van der Waals surface area contributed by atoms with Gasteiger partial charge in [-0.25, -0.2) is 4.39 Å². The molecule has 1 aromatic carbocycles. The van der Waals surface area contributed by atoms with E-state index in [9.17, 15) is 4.39 Å². The van der Waals surface area contributed by atoms with Gasteiger partial charge in [0.15, 0.2) is 0 Å². The van der Waals surface area contributed by atoms with Crippen molar-refractivity contribution in [3.63, 3.8) is 0 Å². The summed E-state index contributed by atoms with van der Waals surface area (Å²) in [5, 5.41) is 3.80. The number of ether oxygens (including phenoxy) is 1. The molecule has 19 heavy (non-hydrogen) atoms. The van der Waals surface area contributed by atoms with Crippen molar-refractivity contribution in [3.8, 4) is 0 Å². The van der Waals surface area contributed by atoms with Crippen LogP contribution in [0.2, 0.25) is 5.02 Å². The first-order chi connectivity index (χ1) is 9.04.